The average Bonchev–Trinajstić information content (AvgIpc) is 2.83. The molecule has 6 heteroatoms. The summed E-state index contributed by atoms with van der Waals surface area (Å²) in [7, 11) is 1.77. The lowest BCUT2D eigenvalue weighted by molar-refractivity contribution is -0.109. The number of aldehydes is 1. The molecule has 1 heterocycles. The third-order valence-corrected chi connectivity index (χ3v) is 2.72. The Balaban J connectivity index is 2.12. The van der Waals surface area contributed by atoms with Gasteiger partial charge in [-0.3, -0.25) is 5.10 Å². The second-order valence-electron chi connectivity index (χ2n) is 3.97. The van der Waals surface area contributed by atoms with Crippen molar-refractivity contribution in [3.8, 4) is 11.4 Å². The van der Waals surface area contributed by atoms with Crippen LogP contribution in [0.3, 0.4) is 0 Å². The van der Waals surface area contributed by atoms with Crippen LogP contribution in [0.1, 0.15) is 5.56 Å². The number of nitrogen functional groups attached to an aromatic ring is 1. The topological polar surface area (TPSA) is 96.7 Å². The summed E-state index contributed by atoms with van der Waals surface area (Å²) in [5.41, 5.74) is 7.44. The highest BCUT2D eigenvalue weighted by Gasteiger charge is 2.07. The Morgan fingerprint density at radius 1 is 1.44 bits per heavy atom. The van der Waals surface area contributed by atoms with Gasteiger partial charge in [0.1, 0.15) is 6.29 Å². The summed E-state index contributed by atoms with van der Waals surface area (Å²) >= 11 is 0. The molecule has 0 fully saturated rings. The van der Waals surface area contributed by atoms with E-state index in [-0.39, 0.29) is 12.0 Å². The molecule has 1 aromatic carbocycles. The molecule has 0 aliphatic carbocycles. The number of carbonyl (C=O) groups excluding carboxylic acids is 1. The standard InChI is InChI=1S/C12H15N5O/c1-14-10(7-18)6-8-2-4-9(5-3-8)11-15-12(13)17-16-11/h2-5,7,10,14H,6H2,1H3,(H3,13,15,16,17)/t10-/m0/s1. The molecule has 2 aromatic rings. The van der Waals surface area contributed by atoms with Crippen molar-refractivity contribution in [3.63, 3.8) is 0 Å². The number of rotatable bonds is 5. The molecule has 0 bridgehead atoms. The van der Waals surface area contributed by atoms with Gasteiger partial charge in [-0.25, -0.2) is 0 Å². The van der Waals surface area contributed by atoms with Gasteiger partial charge in [-0.2, -0.15) is 4.98 Å². The van der Waals surface area contributed by atoms with Gasteiger partial charge >= 0.3 is 0 Å². The molecule has 0 saturated heterocycles. The highest BCUT2D eigenvalue weighted by molar-refractivity contribution is 5.59. The zero-order valence-corrected chi connectivity index (χ0v) is 10.1. The van der Waals surface area contributed by atoms with Gasteiger partial charge in [0.05, 0.1) is 6.04 Å². The van der Waals surface area contributed by atoms with Crippen molar-refractivity contribution in [1.82, 2.24) is 20.5 Å². The molecule has 0 aliphatic rings. The van der Waals surface area contributed by atoms with E-state index in [1.54, 1.807) is 7.05 Å². The summed E-state index contributed by atoms with van der Waals surface area (Å²) in [5, 5.41) is 9.46. The van der Waals surface area contributed by atoms with E-state index in [4.69, 9.17) is 5.73 Å². The largest absolute Gasteiger partial charge is 0.366 e. The van der Waals surface area contributed by atoms with Crippen molar-refractivity contribution in [3.05, 3.63) is 29.8 Å². The van der Waals surface area contributed by atoms with Crippen LogP contribution in [0.15, 0.2) is 24.3 Å². The van der Waals surface area contributed by atoms with Crippen molar-refractivity contribution in [2.24, 2.45) is 0 Å². The molecule has 1 atom stereocenters. The van der Waals surface area contributed by atoms with Crippen molar-refractivity contribution in [2.45, 2.75) is 12.5 Å². The molecule has 0 saturated carbocycles. The van der Waals surface area contributed by atoms with E-state index in [2.05, 4.69) is 20.5 Å². The van der Waals surface area contributed by atoms with Gasteiger partial charge in [-0.1, -0.05) is 24.3 Å². The van der Waals surface area contributed by atoms with Crippen LogP contribution in [0.4, 0.5) is 5.95 Å². The Hall–Kier alpha value is -2.21. The van der Waals surface area contributed by atoms with E-state index in [1.165, 1.54) is 0 Å². The number of nitrogens with one attached hydrogen (secondary N) is 2. The minimum Gasteiger partial charge on any atom is -0.366 e. The van der Waals surface area contributed by atoms with Gasteiger partial charge in [0, 0.05) is 5.56 Å². The van der Waals surface area contributed by atoms with E-state index in [0.29, 0.717) is 12.2 Å². The van der Waals surface area contributed by atoms with E-state index < -0.39 is 0 Å². The zero-order chi connectivity index (χ0) is 13.0. The Morgan fingerprint density at radius 3 is 2.67 bits per heavy atom. The number of hydrogen-bond donors (Lipinski definition) is 3. The van der Waals surface area contributed by atoms with Crippen molar-refractivity contribution in [1.29, 1.82) is 0 Å². The first-order chi connectivity index (χ1) is 8.72. The molecule has 6 nitrogen and oxygen atoms in total. The van der Waals surface area contributed by atoms with Crippen molar-refractivity contribution >= 4 is 12.2 Å². The highest BCUT2D eigenvalue weighted by atomic mass is 16.1. The minimum absolute atomic E-state index is 0.156. The molecule has 0 spiro atoms. The van der Waals surface area contributed by atoms with Gasteiger partial charge in [-0.15, -0.1) is 5.10 Å². The molecule has 0 aliphatic heterocycles. The molecule has 18 heavy (non-hydrogen) atoms. The van der Waals surface area contributed by atoms with Crippen LogP contribution in [0.25, 0.3) is 11.4 Å². The second kappa shape index (κ2) is 5.42. The van der Waals surface area contributed by atoms with Crippen LogP contribution in [0.2, 0.25) is 0 Å². The molecule has 4 N–H and O–H groups in total. The Morgan fingerprint density at radius 2 is 2.17 bits per heavy atom. The predicted octanol–water partition coefficient (Wildman–Crippen LogP) is 0.383. The summed E-state index contributed by atoms with van der Waals surface area (Å²) in [6.45, 7) is 0. The van der Waals surface area contributed by atoms with Crippen LogP contribution < -0.4 is 11.1 Å². The van der Waals surface area contributed by atoms with Crippen LogP contribution >= 0.6 is 0 Å². The molecule has 0 radical (unpaired) electrons. The number of carbonyl (C=O) groups is 1. The molecule has 0 amide bonds. The lowest BCUT2D eigenvalue weighted by Gasteiger charge is -2.08. The number of benzene rings is 1. The fourth-order valence-electron chi connectivity index (χ4n) is 1.67. The monoisotopic (exact) mass is 245 g/mol. The fourth-order valence-corrected chi connectivity index (χ4v) is 1.67. The molecule has 2 rings (SSSR count). The third-order valence-electron chi connectivity index (χ3n) is 2.72. The first kappa shape index (κ1) is 12.3. The number of nitrogens with two attached hydrogens (primary N) is 1. The lowest BCUT2D eigenvalue weighted by Crippen LogP contribution is -2.28. The zero-order valence-electron chi connectivity index (χ0n) is 10.1. The van der Waals surface area contributed by atoms with Crippen molar-refractivity contribution < 1.29 is 4.79 Å². The lowest BCUT2D eigenvalue weighted by atomic mass is 10.0. The molecule has 0 unspecified atom stereocenters. The van der Waals surface area contributed by atoms with Crippen LogP contribution in [-0.4, -0.2) is 34.6 Å². The highest BCUT2D eigenvalue weighted by Crippen LogP contribution is 2.16. The van der Waals surface area contributed by atoms with Gasteiger partial charge in [0.25, 0.3) is 0 Å². The van der Waals surface area contributed by atoms with E-state index >= 15 is 0 Å². The molecule has 94 valence electrons. The van der Waals surface area contributed by atoms with E-state index in [0.717, 1.165) is 17.4 Å². The predicted molar refractivity (Wildman–Crippen MR) is 68.8 cm³/mol. The van der Waals surface area contributed by atoms with Crippen molar-refractivity contribution in [2.75, 3.05) is 12.8 Å². The summed E-state index contributed by atoms with van der Waals surface area (Å²) in [5.74, 6) is 0.866. The maximum Gasteiger partial charge on any atom is 0.239 e. The van der Waals surface area contributed by atoms with Crippen LogP contribution in [0, 0.1) is 0 Å². The third kappa shape index (κ3) is 2.72. The summed E-state index contributed by atoms with van der Waals surface area (Å²) in [6.07, 6.45) is 1.57. The van der Waals surface area contributed by atoms with Crippen LogP contribution in [0.5, 0.6) is 0 Å². The fraction of sp³-hybridized carbons (Fsp3) is 0.250. The summed E-state index contributed by atoms with van der Waals surface area (Å²) < 4.78 is 0. The molecule has 1 aromatic heterocycles. The van der Waals surface area contributed by atoms with Gasteiger partial charge in [0.15, 0.2) is 5.82 Å². The molecular weight excluding hydrogens is 230 g/mol. The smallest absolute Gasteiger partial charge is 0.239 e. The minimum atomic E-state index is -0.156. The van der Waals surface area contributed by atoms with E-state index in [9.17, 15) is 4.79 Å². The first-order valence-corrected chi connectivity index (χ1v) is 5.62. The number of nitrogens with zero attached hydrogens (tertiary/aromatic N) is 2. The number of anilines is 1. The Labute approximate surface area is 105 Å². The Kier molecular flexibility index (Phi) is 3.69. The number of hydrogen-bond acceptors (Lipinski definition) is 5. The maximum absolute atomic E-state index is 10.7. The number of H-pyrrole nitrogens is 1. The average molecular weight is 245 g/mol. The van der Waals surface area contributed by atoms with Crippen LogP contribution in [-0.2, 0) is 11.2 Å². The second-order valence-corrected chi connectivity index (χ2v) is 3.97. The quantitative estimate of drug-likeness (QED) is 0.662. The van der Waals surface area contributed by atoms with Gasteiger partial charge in [0.2, 0.25) is 5.95 Å². The SMILES string of the molecule is CN[C@H](C=O)Cc1ccc(-c2nc(N)n[nH]2)cc1. The number of aromatic nitrogens is 3. The first-order valence-electron chi connectivity index (χ1n) is 5.62. The van der Waals surface area contributed by atoms with E-state index in [1.807, 2.05) is 24.3 Å². The maximum atomic E-state index is 10.7. The number of aromatic amines is 1. The van der Waals surface area contributed by atoms with Gasteiger partial charge in [-0.05, 0) is 19.0 Å². The summed E-state index contributed by atoms with van der Waals surface area (Å²) in [4.78, 5) is 14.8. The normalized spacial score (nSPS) is 12.3. The summed E-state index contributed by atoms with van der Waals surface area (Å²) in [6, 6.07) is 7.61. The molecular formula is C12H15N5O. The Bertz CT molecular complexity index is 520. The van der Waals surface area contributed by atoms with Gasteiger partial charge < -0.3 is 15.8 Å². The number of likely N-dealkylation sites (N-methyl/N-ethyl adjacent to an activating group) is 1.